The molecule has 12 atom stereocenters. The monoisotopic (exact) mass is 458 g/mol. The van der Waals surface area contributed by atoms with Crippen molar-refractivity contribution in [1.82, 2.24) is 0 Å². The molecule has 5 aliphatic carbocycles. The zero-order valence-corrected chi connectivity index (χ0v) is 22.4. The third-order valence-electron chi connectivity index (χ3n) is 14.1. The average molecular weight is 459 g/mol. The maximum Gasteiger partial charge on any atom is 0.312 e. The Morgan fingerprint density at radius 3 is 2.12 bits per heavy atom. The van der Waals surface area contributed by atoms with Gasteiger partial charge in [0.2, 0.25) is 0 Å². The van der Waals surface area contributed by atoms with Gasteiger partial charge in [-0.2, -0.15) is 0 Å². The molecule has 0 heterocycles. The minimum absolute atomic E-state index is 0.0135. The maximum absolute atomic E-state index is 12.5. The van der Waals surface area contributed by atoms with Crippen LogP contribution in [0.3, 0.4) is 0 Å². The Kier molecular flexibility index (Phi) is 5.29. The van der Waals surface area contributed by atoms with Crippen LogP contribution in [0.2, 0.25) is 0 Å². The van der Waals surface area contributed by atoms with Crippen LogP contribution in [0.4, 0.5) is 0 Å². The Bertz CT molecular complexity index is 823. The summed E-state index contributed by atoms with van der Waals surface area (Å²) < 4.78 is 0. The maximum atomic E-state index is 12.5. The van der Waals surface area contributed by atoms with E-state index < -0.39 is 17.5 Å². The van der Waals surface area contributed by atoms with Gasteiger partial charge in [-0.15, -0.1) is 0 Å². The normalized spacial score (nSPS) is 60.7. The molecule has 0 saturated heterocycles. The van der Waals surface area contributed by atoms with Crippen LogP contribution in [0.15, 0.2) is 0 Å². The van der Waals surface area contributed by atoms with Crippen molar-refractivity contribution < 1.29 is 15.0 Å². The molecule has 0 aromatic heterocycles. The number of rotatable bonds is 1. The van der Waals surface area contributed by atoms with Crippen molar-refractivity contribution in [2.24, 2.45) is 62.6 Å². The summed E-state index contributed by atoms with van der Waals surface area (Å²) in [5.41, 5.74) is 0.126. The zero-order chi connectivity index (χ0) is 24.2. The first-order valence-corrected chi connectivity index (χ1v) is 14.2. The van der Waals surface area contributed by atoms with Gasteiger partial charge in [-0.3, -0.25) is 4.79 Å². The number of hydrogen-bond acceptors (Lipinski definition) is 2. The summed E-state index contributed by atoms with van der Waals surface area (Å²) in [6.07, 6.45) is 11.1. The minimum atomic E-state index is -1.01. The predicted octanol–water partition coefficient (Wildman–Crippen LogP) is 7.17. The zero-order valence-electron chi connectivity index (χ0n) is 22.4. The fraction of sp³-hybridized carbons (Fsp3) is 0.967. The molecular weight excluding hydrogens is 408 g/mol. The molecule has 0 aliphatic heterocycles. The van der Waals surface area contributed by atoms with Crippen LogP contribution >= 0.6 is 0 Å². The van der Waals surface area contributed by atoms with Gasteiger partial charge in [0, 0.05) is 0 Å². The second-order valence-corrected chi connectivity index (χ2v) is 14.9. The van der Waals surface area contributed by atoms with Crippen molar-refractivity contribution in [2.75, 3.05) is 0 Å². The lowest BCUT2D eigenvalue weighted by molar-refractivity contribution is -0.258. The molecule has 3 nitrogen and oxygen atoms in total. The van der Waals surface area contributed by atoms with E-state index in [1.54, 1.807) is 0 Å². The quantitative estimate of drug-likeness (QED) is 0.438. The summed E-state index contributed by atoms with van der Waals surface area (Å²) in [5, 5.41) is 21.2. The Labute approximate surface area is 202 Å². The average Bonchev–Trinajstić information content (AvgIpc) is 2.75. The van der Waals surface area contributed by atoms with Crippen LogP contribution in [0.25, 0.3) is 0 Å². The Hall–Kier alpha value is -0.570. The van der Waals surface area contributed by atoms with Crippen LogP contribution < -0.4 is 0 Å². The van der Waals surface area contributed by atoms with Gasteiger partial charge in [-0.05, 0) is 128 Å². The first kappa shape index (κ1) is 24.1. The van der Waals surface area contributed by atoms with Gasteiger partial charge in [0.1, 0.15) is 0 Å². The standard InChI is InChI=1S/C30H50O3/c1-18-10-13-26(3)16-17-28(5)20(24(26)19(18)2)8-9-21-27(4)14-12-23(31)30(7,25(32)33)22(27)11-15-29(21,28)6/h18-24,31H,8-17H2,1-7H3,(H,32,33)/t18-,19?,20?,21?,22?,23-,24?,26-,27-,28-,29-,30-/m1/s1. The van der Waals surface area contributed by atoms with E-state index in [1.165, 1.54) is 38.5 Å². The molecule has 5 fully saturated rings. The highest BCUT2D eigenvalue weighted by Crippen LogP contribution is 2.77. The molecule has 3 heteroatoms. The molecule has 0 spiro atoms. The van der Waals surface area contributed by atoms with Gasteiger partial charge in [0.05, 0.1) is 11.5 Å². The summed E-state index contributed by atoms with van der Waals surface area (Å²) in [6.45, 7) is 17.2. The second-order valence-electron chi connectivity index (χ2n) is 14.9. The predicted molar refractivity (Wildman–Crippen MR) is 133 cm³/mol. The van der Waals surface area contributed by atoms with Crippen LogP contribution in [-0.2, 0) is 4.79 Å². The van der Waals surface area contributed by atoms with Crippen LogP contribution in [-0.4, -0.2) is 22.3 Å². The first-order valence-electron chi connectivity index (χ1n) is 14.2. The van der Waals surface area contributed by atoms with Gasteiger partial charge >= 0.3 is 5.97 Å². The molecule has 5 rings (SSSR count). The molecule has 33 heavy (non-hydrogen) atoms. The number of aliphatic hydroxyl groups excluding tert-OH is 1. The molecule has 0 aromatic rings. The number of carboxylic acids is 1. The van der Waals surface area contributed by atoms with Crippen LogP contribution in [0.5, 0.6) is 0 Å². The molecular formula is C30H50O3. The lowest BCUT2D eigenvalue weighted by Gasteiger charge is -2.73. The van der Waals surface area contributed by atoms with Gasteiger partial charge < -0.3 is 10.2 Å². The fourth-order valence-electron chi connectivity index (χ4n) is 11.7. The highest BCUT2D eigenvalue weighted by atomic mass is 16.4. The van der Waals surface area contributed by atoms with E-state index in [4.69, 9.17) is 0 Å². The molecule has 2 N–H and O–H groups in total. The number of hydrogen-bond donors (Lipinski definition) is 2. The first-order chi connectivity index (χ1) is 15.3. The molecule has 5 saturated carbocycles. The lowest BCUT2D eigenvalue weighted by atomic mass is 9.31. The summed E-state index contributed by atoms with van der Waals surface area (Å²) in [7, 11) is 0. The van der Waals surface area contributed by atoms with Gasteiger partial charge in [0.15, 0.2) is 0 Å². The fourth-order valence-corrected chi connectivity index (χ4v) is 11.7. The number of fused-ring (bicyclic) bond motifs is 7. The van der Waals surface area contributed by atoms with Crippen molar-refractivity contribution >= 4 is 5.97 Å². The van der Waals surface area contributed by atoms with E-state index in [9.17, 15) is 15.0 Å². The van der Waals surface area contributed by atoms with E-state index in [0.717, 1.165) is 42.9 Å². The topological polar surface area (TPSA) is 57.5 Å². The van der Waals surface area contributed by atoms with E-state index in [0.29, 0.717) is 23.2 Å². The third kappa shape index (κ3) is 2.81. The molecule has 5 unspecified atom stereocenters. The van der Waals surface area contributed by atoms with Crippen molar-refractivity contribution in [2.45, 2.75) is 119 Å². The molecule has 0 radical (unpaired) electrons. The summed E-state index contributed by atoms with van der Waals surface area (Å²) in [6, 6.07) is 0. The highest BCUT2D eigenvalue weighted by Gasteiger charge is 2.71. The van der Waals surface area contributed by atoms with Gasteiger partial charge in [-0.25, -0.2) is 0 Å². The van der Waals surface area contributed by atoms with Gasteiger partial charge in [-0.1, -0.05) is 41.5 Å². The highest BCUT2D eigenvalue weighted by molar-refractivity contribution is 5.76. The number of aliphatic carboxylic acids is 1. The number of aliphatic hydroxyl groups is 1. The minimum Gasteiger partial charge on any atom is -0.481 e. The smallest absolute Gasteiger partial charge is 0.312 e. The second kappa shape index (κ2) is 7.23. The van der Waals surface area contributed by atoms with Gasteiger partial charge in [0.25, 0.3) is 0 Å². The largest absolute Gasteiger partial charge is 0.481 e. The van der Waals surface area contributed by atoms with Crippen LogP contribution in [0.1, 0.15) is 113 Å². The van der Waals surface area contributed by atoms with Crippen LogP contribution in [0, 0.1) is 62.6 Å². The van der Waals surface area contributed by atoms with E-state index in [2.05, 4.69) is 41.5 Å². The lowest BCUT2D eigenvalue weighted by Crippen LogP contribution is -2.68. The summed E-state index contributed by atoms with van der Waals surface area (Å²) >= 11 is 0. The van der Waals surface area contributed by atoms with E-state index in [1.807, 2.05) is 6.92 Å². The van der Waals surface area contributed by atoms with Crippen molar-refractivity contribution in [3.63, 3.8) is 0 Å². The van der Waals surface area contributed by atoms with Crippen molar-refractivity contribution in [1.29, 1.82) is 0 Å². The summed E-state index contributed by atoms with van der Waals surface area (Å²) in [4.78, 5) is 12.5. The Balaban J connectivity index is 1.55. The molecule has 5 aliphatic rings. The number of carboxylic acid groups (broad SMARTS) is 1. The third-order valence-corrected chi connectivity index (χ3v) is 14.1. The SMILES string of the molecule is CC1C2C3CCC4[C@@]5(C)CC[C@@H](O)[C@](C)(C(=O)O)C5CC[C@@]4(C)[C@]3(C)CC[C@@]2(C)CC[C@H]1C. The van der Waals surface area contributed by atoms with E-state index >= 15 is 0 Å². The van der Waals surface area contributed by atoms with Crippen molar-refractivity contribution in [3.8, 4) is 0 Å². The summed E-state index contributed by atoms with van der Waals surface area (Å²) in [5.74, 6) is 3.13. The van der Waals surface area contributed by atoms with Crippen molar-refractivity contribution in [3.05, 3.63) is 0 Å². The molecule has 188 valence electrons. The van der Waals surface area contributed by atoms with E-state index in [-0.39, 0.29) is 16.7 Å². The molecule has 0 amide bonds. The molecule has 0 aromatic carbocycles. The number of carbonyl (C=O) groups is 1. The Morgan fingerprint density at radius 1 is 0.758 bits per heavy atom. The molecule has 0 bridgehead atoms. The Morgan fingerprint density at radius 2 is 1.45 bits per heavy atom.